The Morgan fingerprint density at radius 3 is 2.27 bits per heavy atom. The quantitative estimate of drug-likeness (QED) is 0.363. The van der Waals surface area contributed by atoms with Crippen LogP contribution in [0.5, 0.6) is 5.75 Å². The van der Waals surface area contributed by atoms with Crippen molar-refractivity contribution in [2.75, 3.05) is 13.1 Å². The number of thiocarbonyl (C=S) groups is 1. The highest BCUT2D eigenvalue weighted by Crippen LogP contribution is 2.28. The molecule has 124 valence electrons. The van der Waals surface area contributed by atoms with Crippen LogP contribution in [0.3, 0.4) is 0 Å². The van der Waals surface area contributed by atoms with Crippen LogP contribution in [-0.4, -0.2) is 28.0 Å². The van der Waals surface area contributed by atoms with Gasteiger partial charge in [-0.3, -0.25) is 0 Å². The number of ether oxygens (including phenoxy) is 1. The highest BCUT2D eigenvalue weighted by Gasteiger charge is 2.25. The Balaban J connectivity index is 3.03. The summed E-state index contributed by atoms with van der Waals surface area (Å²) in [6.07, 6.45) is 2.22. The second-order valence-electron chi connectivity index (χ2n) is 5.95. The van der Waals surface area contributed by atoms with Gasteiger partial charge in [-0.1, -0.05) is 25.4 Å². The van der Waals surface area contributed by atoms with Crippen LogP contribution >= 0.6 is 23.8 Å². The molecule has 1 aromatic rings. The van der Waals surface area contributed by atoms with Gasteiger partial charge in [-0.2, -0.15) is 0 Å². The van der Waals surface area contributed by atoms with E-state index in [1.165, 1.54) is 0 Å². The lowest BCUT2D eigenvalue weighted by Crippen LogP contribution is -2.51. The molecule has 5 heteroatoms. The predicted octanol–water partition coefficient (Wildman–Crippen LogP) is 5.10. The average molecular weight is 360 g/mol. The Morgan fingerprint density at radius 1 is 1.27 bits per heavy atom. The molecule has 0 amide bonds. The van der Waals surface area contributed by atoms with Crippen molar-refractivity contribution in [3.8, 4) is 5.75 Å². The molecule has 0 atom stereocenters. The first-order valence-corrected chi connectivity index (χ1v) is 9.06. The molecule has 22 heavy (non-hydrogen) atoms. The lowest BCUT2D eigenvalue weighted by atomic mass is 10.1. The molecule has 2 nitrogen and oxygen atoms in total. The third-order valence-corrected chi connectivity index (χ3v) is 4.60. The number of nitrogens with zero attached hydrogens (tertiary/aromatic N) is 1. The van der Waals surface area contributed by atoms with E-state index in [1.54, 1.807) is 0 Å². The molecule has 1 rings (SSSR count). The van der Waals surface area contributed by atoms with Crippen molar-refractivity contribution in [2.45, 2.75) is 53.2 Å². The van der Waals surface area contributed by atoms with Crippen molar-refractivity contribution in [3.63, 3.8) is 0 Å². The molecule has 0 radical (unpaired) electrons. The van der Waals surface area contributed by atoms with E-state index >= 15 is 0 Å². The lowest BCUT2D eigenvalue weighted by molar-refractivity contribution is -0.849. The summed E-state index contributed by atoms with van der Waals surface area (Å²) >= 11 is 17.2. The second-order valence-corrected chi connectivity index (χ2v) is 7.39. The van der Waals surface area contributed by atoms with E-state index < -0.39 is 0 Å². The van der Waals surface area contributed by atoms with Gasteiger partial charge in [0.05, 0.1) is 24.2 Å². The standard InChI is InChI=1S/C17H26ClNOS2/c1-5-9-19(10-6-2,17(21)22)12-14-7-8-16(15(18)11-14)20-13(3)4/h7-8,11,13H,5-6,9-10,12H2,1-4H3. The fourth-order valence-electron chi connectivity index (χ4n) is 2.71. The van der Waals surface area contributed by atoms with Gasteiger partial charge in [0.25, 0.3) is 0 Å². The van der Waals surface area contributed by atoms with E-state index in [0.717, 1.165) is 43.8 Å². The van der Waals surface area contributed by atoms with Gasteiger partial charge in [0, 0.05) is 9.88 Å². The van der Waals surface area contributed by atoms with Crippen LogP contribution in [-0.2, 0) is 19.2 Å². The monoisotopic (exact) mass is 359 g/mol. The molecule has 1 aromatic carbocycles. The van der Waals surface area contributed by atoms with E-state index in [9.17, 15) is 0 Å². The first-order valence-electron chi connectivity index (χ1n) is 7.87. The Morgan fingerprint density at radius 2 is 1.86 bits per heavy atom. The molecule has 0 heterocycles. The van der Waals surface area contributed by atoms with Crippen LogP contribution in [0, 0.1) is 0 Å². The number of quaternary nitrogens is 1. The fourth-order valence-corrected chi connectivity index (χ4v) is 3.46. The van der Waals surface area contributed by atoms with Gasteiger partial charge < -0.3 is 34.1 Å². The normalized spacial score (nSPS) is 11.7. The number of rotatable bonds is 8. The number of hydrogen-bond acceptors (Lipinski definition) is 3. The van der Waals surface area contributed by atoms with Crippen LogP contribution in [0.1, 0.15) is 46.1 Å². The number of hydrogen-bond donors (Lipinski definition) is 0. The molecule has 0 fully saturated rings. The fraction of sp³-hybridized carbons (Fsp3) is 0.588. The Hall–Kier alpha value is -0.420. The van der Waals surface area contributed by atoms with Gasteiger partial charge in [-0.15, -0.1) is 0 Å². The van der Waals surface area contributed by atoms with Gasteiger partial charge in [0.1, 0.15) is 12.3 Å². The lowest BCUT2D eigenvalue weighted by Gasteiger charge is -2.41. The highest BCUT2D eigenvalue weighted by molar-refractivity contribution is 7.99. The summed E-state index contributed by atoms with van der Waals surface area (Å²) < 4.78 is 7.01. The van der Waals surface area contributed by atoms with Gasteiger partial charge >= 0.3 is 0 Å². The van der Waals surface area contributed by atoms with Gasteiger partial charge in [0.15, 0.2) is 0 Å². The Bertz CT molecular complexity index is 499. The summed E-state index contributed by atoms with van der Waals surface area (Å²) in [5, 5.41) is 0.646. The minimum Gasteiger partial charge on any atom is -0.489 e. The van der Waals surface area contributed by atoms with Crippen molar-refractivity contribution < 1.29 is 9.22 Å². The molecular weight excluding hydrogens is 334 g/mol. The maximum absolute atomic E-state index is 6.35. The molecule has 0 bridgehead atoms. The molecular formula is C17H26ClNOS2. The average Bonchev–Trinajstić information content (AvgIpc) is 2.41. The zero-order valence-corrected chi connectivity index (χ0v) is 16.3. The number of benzene rings is 1. The Kier molecular flexibility index (Phi) is 8.04. The molecule has 0 spiro atoms. The molecule has 0 aliphatic rings. The third kappa shape index (κ3) is 5.34. The first-order chi connectivity index (χ1) is 10.3. The smallest absolute Gasteiger partial charge is 0.138 e. The van der Waals surface area contributed by atoms with E-state index in [0.29, 0.717) is 13.8 Å². The Labute approximate surface area is 150 Å². The van der Waals surface area contributed by atoms with Crippen molar-refractivity contribution in [1.29, 1.82) is 0 Å². The maximum atomic E-state index is 6.35. The highest BCUT2D eigenvalue weighted by atomic mass is 35.5. The molecule has 0 aliphatic carbocycles. The SMILES string of the molecule is CCC[N+](CCC)(Cc1ccc(OC(C)C)c(Cl)c1)C(=S)[S-]. The van der Waals surface area contributed by atoms with Crippen LogP contribution in [0.4, 0.5) is 0 Å². The van der Waals surface area contributed by atoms with Crippen LogP contribution in [0.15, 0.2) is 18.2 Å². The summed E-state index contributed by atoms with van der Waals surface area (Å²) in [7, 11) is 0. The van der Waals surface area contributed by atoms with Crippen molar-refractivity contribution >= 4 is 40.8 Å². The van der Waals surface area contributed by atoms with E-state index in [4.69, 9.17) is 41.2 Å². The minimum atomic E-state index is 0.110. The van der Waals surface area contributed by atoms with E-state index in [1.807, 2.05) is 26.0 Å². The summed E-state index contributed by atoms with van der Waals surface area (Å²) in [5.41, 5.74) is 1.15. The number of halogens is 1. The summed E-state index contributed by atoms with van der Waals surface area (Å²) in [6, 6.07) is 5.98. The molecule has 0 saturated carbocycles. The van der Waals surface area contributed by atoms with E-state index in [2.05, 4.69) is 19.9 Å². The van der Waals surface area contributed by atoms with Gasteiger partial charge in [-0.05, 0) is 44.9 Å². The zero-order chi connectivity index (χ0) is 16.8. The summed E-state index contributed by atoms with van der Waals surface area (Å²) in [6.45, 7) is 11.1. The van der Waals surface area contributed by atoms with Crippen LogP contribution < -0.4 is 4.74 Å². The zero-order valence-electron chi connectivity index (χ0n) is 13.9. The largest absolute Gasteiger partial charge is 0.489 e. The molecule has 0 aromatic heterocycles. The van der Waals surface area contributed by atoms with Gasteiger partial charge in [0.2, 0.25) is 0 Å². The van der Waals surface area contributed by atoms with E-state index in [-0.39, 0.29) is 6.10 Å². The predicted molar refractivity (Wildman–Crippen MR) is 101 cm³/mol. The topological polar surface area (TPSA) is 9.23 Å². The minimum absolute atomic E-state index is 0.110. The maximum Gasteiger partial charge on any atom is 0.138 e. The van der Waals surface area contributed by atoms with Crippen LogP contribution in [0.2, 0.25) is 5.02 Å². The van der Waals surface area contributed by atoms with Crippen molar-refractivity contribution in [2.24, 2.45) is 0 Å². The molecule has 0 aliphatic heterocycles. The van der Waals surface area contributed by atoms with Crippen LogP contribution in [0.25, 0.3) is 0 Å². The summed E-state index contributed by atoms with van der Waals surface area (Å²) in [4.78, 5) is 0. The second kappa shape index (κ2) is 9.02. The first kappa shape index (κ1) is 19.6. The molecule has 0 N–H and O–H groups in total. The molecule has 0 saturated heterocycles. The summed E-state index contributed by atoms with van der Waals surface area (Å²) in [5.74, 6) is 0.727. The van der Waals surface area contributed by atoms with Crippen molar-refractivity contribution in [1.82, 2.24) is 0 Å². The van der Waals surface area contributed by atoms with Crippen molar-refractivity contribution in [3.05, 3.63) is 28.8 Å². The molecule has 0 unspecified atom stereocenters. The van der Waals surface area contributed by atoms with Gasteiger partial charge in [-0.25, -0.2) is 0 Å². The third-order valence-electron chi connectivity index (χ3n) is 3.53.